The number of aromatic nitrogens is 4. The molecule has 1 N–H and O–H groups in total. The molecule has 0 fully saturated rings. The van der Waals surface area contributed by atoms with Gasteiger partial charge in [-0.05, 0) is 66.8 Å². The van der Waals surface area contributed by atoms with Crippen LogP contribution in [0.3, 0.4) is 0 Å². The Balaban J connectivity index is 1.38. The molecule has 1 aromatic heterocycles. The fourth-order valence-electron chi connectivity index (χ4n) is 3.55. The van der Waals surface area contributed by atoms with Gasteiger partial charge in [0.1, 0.15) is 0 Å². The molecule has 1 aliphatic carbocycles. The number of tetrazole rings is 1. The van der Waals surface area contributed by atoms with Crippen molar-refractivity contribution in [1.82, 2.24) is 25.5 Å². The van der Waals surface area contributed by atoms with Gasteiger partial charge in [-0.25, -0.2) is 0 Å². The van der Waals surface area contributed by atoms with Crippen molar-refractivity contribution in [2.45, 2.75) is 42.8 Å². The molecule has 3 aromatic rings. The molecule has 1 amide bonds. The van der Waals surface area contributed by atoms with Crippen molar-refractivity contribution in [3.05, 3.63) is 77.6 Å². The number of benzene rings is 2. The summed E-state index contributed by atoms with van der Waals surface area (Å²) >= 11 is 1.57. The number of amides is 1. The summed E-state index contributed by atoms with van der Waals surface area (Å²) in [7, 11) is 0. The van der Waals surface area contributed by atoms with Crippen molar-refractivity contribution in [3.63, 3.8) is 0 Å². The minimum Gasteiger partial charge on any atom is -0.352 e. The Bertz CT molecular complexity index is 1020. The van der Waals surface area contributed by atoms with Crippen molar-refractivity contribution < 1.29 is 4.79 Å². The standard InChI is InChI=1S/C23H25N5OS/c29-23(24-16-15-18-9-3-1-4-10-18)20-13-7-8-14-21(20)30-17-22-25-26-27-28(22)19-11-5-2-6-12-19/h2,5-9,11-14H,1,3-4,10,15-17H2,(H,24,29). The summed E-state index contributed by atoms with van der Waals surface area (Å²) in [4.78, 5) is 13.7. The van der Waals surface area contributed by atoms with Gasteiger partial charge in [0.05, 0.1) is 17.0 Å². The van der Waals surface area contributed by atoms with E-state index in [0.717, 1.165) is 22.8 Å². The SMILES string of the molecule is O=C(NCCC1=CCCCC1)c1ccccc1SCc1nnnn1-c1ccccc1. The lowest BCUT2D eigenvalue weighted by atomic mass is 9.97. The quantitative estimate of drug-likeness (QED) is 0.428. The highest BCUT2D eigenvalue weighted by Gasteiger charge is 2.14. The van der Waals surface area contributed by atoms with E-state index in [1.54, 1.807) is 16.4 Å². The number of thioether (sulfide) groups is 1. The van der Waals surface area contributed by atoms with Crippen LogP contribution in [0.5, 0.6) is 0 Å². The first-order valence-corrected chi connectivity index (χ1v) is 11.3. The van der Waals surface area contributed by atoms with Crippen molar-refractivity contribution >= 4 is 17.7 Å². The lowest BCUT2D eigenvalue weighted by molar-refractivity contribution is 0.0951. The fraction of sp³-hybridized carbons (Fsp3) is 0.304. The molecule has 0 unspecified atom stereocenters. The molecule has 7 heteroatoms. The minimum atomic E-state index is -0.0304. The molecule has 0 saturated carbocycles. The van der Waals surface area contributed by atoms with Gasteiger partial charge in [-0.1, -0.05) is 42.0 Å². The first kappa shape index (κ1) is 20.3. The highest BCUT2D eigenvalue weighted by Crippen LogP contribution is 2.26. The maximum absolute atomic E-state index is 12.8. The molecule has 154 valence electrons. The van der Waals surface area contributed by atoms with Gasteiger partial charge in [0.15, 0.2) is 5.82 Å². The van der Waals surface area contributed by atoms with E-state index >= 15 is 0 Å². The topological polar surface area (TPSA) is 72.7 Å². The lowest BCUT2D eigenvalue weighted by Gasteiger charge is -2.14. The number of carbonyl (C=O) groups is 1. The highest BCUT2D eigenvalue weighted by molar-refractivity contribution is 7.98. The van der Waals surface area contributed by atoms with Crippen LogP contribution in [0.15, 0.2) is 71.1 Å². The van der Waals surface area contributed by atoms with Crippen LogP contribution in [0.2, 0.25) is 0 Å². The summed E-state index contributed by atoms with van der Waals surface area (Å²) in [5.74, 6) is 1.28. The number of rotatable bonds is 8. The number of nitrogens with one attached hydrogen (secondary N) is 1. The third kappa shape index (κ3) is 5.16. The molecule has 30 heavy (non-hydrogen) atoms. The number of allylic oxidation sites excluding steroid dienone is 1. The molecule has 0 saturated heterocycles. The van der Waals surface area contributed by atoms with E-state index < -0.39 is 0 Å². The summed E-state index contributed by atoms with van der Waals surface area (Å²) in [6.45, 7) is 0.677. The zero-order chi connectivity index (χ0) is 20.6. The van der Waals surface area contributed by atoms with E-state index in [-0.39, 0.29) is 5.91 Å². The van der Waals surface area contributed by atoms with Gasteiger partial charge in [-0.3, -0.25) is 4.79 Å². The van der Waals surface area contributed by atoms with Crippen LogP contribution < -0.4 is 5.32 Å². The Morgan fingerprint density at radius 1 is 1.07 bits per heavy atom. The van der Waals surface area contributed by atoms with Crippen molar-refractivity contribution in [3.8, 4) is 5.69 Å². The number of nitrogens with zero attached hydrogens (tertiary/aromatic N) is 4. The van der Waals surface area contributed by atoms with Crippen LogP contribution >= 0.6 is 11.8 Å². The first-order chi connectivity index (χ1) is 14.8. The van der Waals surface area contributed by atoms with Crippen molar-refractivity contribution in [2.24, 2.45) is 0 Å². The summed E-state index contributed by atoms with van der Waals surface area (Å²) in [5, 5.41) is 15.2. The van der Waals surface area contributed by atoms with Crippen LogP contribution in [0.1, 0.15) is 48.3 Å². The third-order valence-electron chi connectivity index (χ3n) is 5.14. The predicted octanol–water partition coefficient (Wildman–Crippen LogP) is 4.57. The summed E-state index contributed by atoms with van der Waals surface area (Å²) in [5.41, 5.74) is 3.08. The molecule has 1 heterocycles. The normalized spacial score (nSPS) is 13.7. The molecule has 4 rings (SSSR count). The molecule has 0 spiro atoms. The second-order valence-corrected chi connectivity index (χ2v) is 8.26. The molecule has 0 atom stereocenters. The second kappa shape index (κ2) is 10.2. The van der Waals surface area contributed by atoms with Crippen LogP contribution in [-0.2, 0) is 5.75 Å². The molecule has 0 radical (unpaired) electrons. The zero-order valence-corrected chi connectivity index (χ0v) is 17.6. The van der Waals surface area contributed by atoms with E-state index in [9.17, 15) is 4.79 Å². The Labute approximate surface area is 180 Å². The highest BCUT2D eigenvalue weighted by atomic mass is 32.2. The number of carbonyl (C=O) groups excluding carboxylic acids is 1. The molecular formula is C23H25N5OS. The van der Waals surface area contributed by atoms with Gasteiger partial charge in [0.25, 0.3) is 5.91 Å². The molecule has 0 aliphatic heterocycles. The Hall–Kier alpha value is -2.93. The Morgan fingerprint density at radius 2 is 1.90 bits per heavy atom. The number of hydrogen-bond acceptors (Lipinski definition) is 5. The van der Waals surface area contributed by atoms with E-state index in [2.05, 4.69) is 26.9 Å². The van der Waals surface area contributed by atoms with E-state index in [4.69, 9.17) is 0 Å². The van der Waals surface area contributed by atoms with Gasteiger partial charge in [0.2, 0.25) is 0 Å². The molecule has 6 nitrogen and oxygen atoms in total. The molecule has 1 aliphatic rings. The predicted molar refractivity (Wildman–Crippen MR) is 119 cm³/mol. The van der Waals surface area contributed by atoms with Crippen molar-refractivity contribution in [2.75, 3.05) is 6.54 Å². The van der Waals surface area contributed by atoms with Crippen LogP contribution in [0.25, 0.3) is 5.69 Å². The lowest BCUT2D eigenvalue weighted by Crippen LogP contribution is -2.25. The van der Waals surface area contributed by atoms with Gasteiger partial charge < -0.3 is 5.32 Å². The average Bonchev–Trinajstić information content (AvgIpc) is 3.28. The number of para-hydroxylation sites is 1. The summed E-state index contributed by atoms with van der Waals surface area (Å²) in [6, 6.07) is 17.5. The Kier molecular flexibility index (Phi) is 6.92. The maximum Gasteiger partial charge on any atom is 0.252 e. The number of hydrogen-bond donors (Lipinski definition) is 1. The van der Waals surface area contributed by atoms with Gasteiger partial charge >= 0.3 is 0 Å². The van der Waals surface area contributed by atoms with E-state index in [1.807, 2.05) is 54.6 Å². The van der Waals surface area contributed by atoms with Crippen LogP contribution in [-0.4, -0.2) is 32.7 Å². The maximum atomic E-state index is 12.8. The monoisotopic (exact) mass is 419 g/mol. The largest absolute Gasteiger partial charge is 0.352 e. The first-order valence-electron chi connectivity index (χ1n) is 10.3. The minimum absolute atomic E-state index is 0.0304. The summed E-state index contributed by atoms with van der Waals surface area (Å²) < 4.78 is 1.73. The van der Waals surface area contributed by atoms with E-state index in [0.29, 0.717) is 17.9 Å². The Morgan fingerprint density at radius 3 is 2.73 bits per heavy atom. The third-order valence-corrected chi connectivity index (χ3v) is 6.21. The van der Waals surface area contributed by atoms with E-state index in [1.165, 1.54) is 31.3 Å². The van der Waals surface area contributed by atoms with Crippen LogP contribution in [0.4, 0.5) is 0 Å². The second-order valence-electron chi connectivity index (χ2n) is 7.24. The van der Waals surface area contributed by atoms with Gasteiger partial charge in [0, 0.05) is 11.4 Å². The molecule has 0 bridgehead atoms. The van der Waals surface area contributed by atoms with Gasteiger partial charge in [-0.15, -0.1) is 16.9 Å². The molecule has 2 aromatic carbocycles. The fourth-order valence-corrected chi connectivity index (χ4v) is 4.51. The van der Waals surface area contributed by atoms with Crippen molar-refractivity contribution in [1.29, 1.82) is 0 Å². The summed E-state index contributed by atoms with van der Waals surface area (Å²) in [6.07, 6.45) is 8.16. The van der Waals surface area contributed by atoms with Crippen LogP contribution in [0, 0.1) is 0 Å². The zero-order valence-electron chi connectivity index (χ0n) is 16.8. The average molecular weight is 420 g/mol. The smallest absolute Gasteiger partial charge is 0.252 e. The van der Waals surface area contributed by atoms with Gasteiger partial charge in [-0.2, -0.15) is 4.68 Å². The molecular weight excluding hydrogens is 394 g/mol.